The van der Waals surface area contributed by atoms with Gasteiger partial charge in [0.05, 0.1) is 16.6 Å². The Balaban J connectivity index is 2.27. The average Bonchev–Trinajstić information content (AvgIpc) is 2.66. The predicted octanol–water partition coefficient (Wildman–Crippen LogP) is 3.39. The van der Waals surface area contributed by atoms with E-state index in [9.17, 15) is 9.50 Å². The van der Waals surface area contributed by atoms with Crippen molar-refractivity contribution in [3.63, 3.8) is 0 Å². The van der Waals surface area contributed by atoms with Gasteiger partial charge in [-0.15, -0.1) is 0 Å². The molecule has 1 aromatic heterocycles. The van der Waals surface area contributed by atoms with Gasteiger partial charge < -0.3 is 9.67 Å². The second-order valence-electron chi connectivity index (χ2n) is 4.65. The lowest BCUT2D eigenvalue weighted by Crippen LogP contribution is -1.93. The summed E-state index contributed by atoms with van der Waals surface area (Å²) in [7, 11) is 1.85. The average molecular weight is 256 g/mol. The van der Waals surface area contributed by atoms with Gasteiger partial charge in [0.2, 0.25) is 0 Å². The number of aromatic nitrogens is 2. The molecule has 0 aliphatic carbocycles. The van der Waals surface area contributed by atoms with Crippen LogP contribution in [-0.2, 0) is 7.05 Å². The van der Waals surface area contributed by atoms with Crippen molar-refractivity contribution >= 4 is 11.0 Å². The van der Waals surface area contributed by atoms with Crippen LogP contribution in [0.3, 0.4) is 0 Å². The van der Waals surface area contributed by atoms with Gasteiger partial charge >= 0.3 is 0 Å². The van der Waals surface area contributed by atoms with E-state index in [2.05, 4.69) is 4.98 Å². The number of benzene rings is 2. The standard InChI is InChI=1S/C15H13FN2O/c1-9-3-5-11(14(19)7-9)15-17-12-8-10(16)4-6-13(12)18(15)2/h3-8,19H,1-2H3. The Bertz CT molecular complexity index is 777. The Morgan fingerprint density at radius 2 is 1.95 bits per heavy atom. The molecule has 0 aliphatic rings. The van der Waals surface area contributed by atoms with Gasteiger partial charge in [-0.3, -0.25) is 0 Å². The molecular weight excluding hydrogens is 243 g/mol. The van der Waals surface area contributed by atoms with Crippen molar-refractivity contribution in [2.24, 2.45) is 7.05 Å². The van der Waals surface area contributed by atoms with E-state index in [-0.39, 0.29) is 11.6 Å². The summed E-state index contributed by atoms with van der Waals surface area (Å²) in [4.78, 5) is 4.40. The van der Waals surface area contributed by atoms with Gasteiger partial charge in [0.25, 0.3) is 0 Å². The minimum absolute atomic E-state index is 0.180. The number of hydrogen-bond donors (Lipinski definition) is 1. The Hall–Kier alpha value is -2.36. The topological polar surface area (TPSA) is 38.0 Å². The molecule has 96 valence electrons. The minimum Gasteiger partial charge on any atom is -0.507 e. The molecule has 19 heavy (non-hydrogen) atoms. The molecule has 0 fully saturated rings. The Kier molecular flexibility index (Phi) is 2.52. The summed E-state index contributed by atoms with van der Waals surface area (Å²) in [5.41, 5.74) is 3.03. The molecule has 2 aromatic carbocycles. The number of rotatable bonds is 1. The van der Waals surface area contributed by atoms with E-state index in [0.717, 1.165) is 11.1 Å². The fraction of sp³-hybridized carbons (Fsp3) is 0.133. The van der Waals surface area contributed by atoms with E-state index in [1.807, 2.05) is 30.7 Å². The minimum atomic E-state index is -0.315. The van der Waals surface area contributed by atoms with Gasteiger partial charge in [0.1, 0.15) is 17.4 Å². The van der Waals surface area contributed by atoms with E-state index < -0.39 is 0 Å². The molecule has 1 heterocycles. The summed E-state index contributed by atoms with van der Waals surface area (Å²) in [6.07, 6.45) is 0. The van der Waals surface area contributed by atoms with Crippen molar-refractivity contribution in [2.75, 3.05) is 0 Å². The lowest BCUT2D eigenvalue weighted by atomic mass is 10.1. The largest absolute Gasteiger partial charge is 0.507 e. The van der Waals surface area contributed by atoms with E-state index in [4.69, 9.17) is 0 Å². The molecule has 0 saturated heterocycles. The van der Waals surface area contributed by atoms with Crippen LogP contribution < -0.4 is 0 Å². The molecule has 0 aliphatic heterocycles. The molecule has 0 atom stereocenters. The maximum Gasteiger partial charge on any atom is 0.144 e. The lowest BCUT2D eigenvalue weighted by Gasteiger charge is -2.05. The zero-order valence-electron chi connectivity index (χ0n) is 10.7. The van der Waals surface area contributed by atoms with Gasteiger partial charge in [-0.05, 0) is 36.8 Å². The van der Waals surface area contributed by atoms with E-state index in [1.165, 1.54) is 12.1 Å². The third kappa shape index (κ3) is 1.85. The number of nitrogens with zero attached hydrogens (tertiary/aromatic N) is 2. The molecule has 0 spiro atoms. The van der Waals surface area contributed by atoms with Crippen LogP contribution in [0.2, 0.25) is 0 Å². The van der Waals surface area contributed by atoms with Gasteiger partial charge in [0.15, 0.2) is 0 Å². The highest BCUT2D eigenvalue weighted by atomic mass is 19.1. The molecule has 0 saturated carbocycles. The normalized spacial score (nSPS) is 11.1. The van der Waals surface area contributed by atoms with Crippen LogP contribution in [0.5, 0.6) is 5.75 Å². The fourth-order valence-electron chi connectivity index (χ4n) is 2.24. The van der Waals surface area contributed by atoms with Gasteiger partial charge in [-0.1, -0.05) is 6.07 Å². The Morgan fingerprint density at radius 1 is 1.16 bits per heavy atom. The number of imidazole rings is 1. The first-order valence-corrected chi connectivity index (χ1v) is 5.98. The number of hydrogen-bond acceptors (Lipinski definition) is 2. The molecule has 3 aromatic rings. The van der Waals surface area contributed by atoms with Gasteiger partial charge in [-0.25, -0.2) is 9.37 Å². The second kappa shape index (κ2) is 4.09. The first-order chi connectivity index (χ1) is 9.06. The third-order valence-corrected chi connectivity index (χ3v) is 3.24. The fourth-order valence-corrected chi connectivity index (χ4v) is 2.24. The Morgan fingerprint density at radius 3 is 2.68 bits per heavy atom. The zero-order valence-corrected chi connectivity index (χ0v) is 10.7. The van der Waals surface area contributed by atoms with Crippen molar-refractivity contribution in [1.29, 1.82) is 0 Å². The number of fused-ring (bicyclic) bond motifs is 1. The monoisotopic (exact) mass is 256 g/mol. The second-order valence-corrected chi connectivity index (χ2v) is 4.65. The molecule has 4 heteroatoms. The molecule has 0 amide bonds. The maximum atomic E-state index is 13.2. The van der Waals surface area contributed by atoms with Crippen LogP contribution in [0.4, 0.5) is 4.39 Å². The molecule has 0 bridgehead atoms. The Labute approximate surface area is 109 Å². The van der Waals surface area contributed by atoms with Crippen LogP contribution >= 0.6 is 0 Å². The molecule has 0 unspecified atom stereocenters. The quantitative estimate of drug-likeness (QED) is 0.724. The number of aryl methyl sites for hydroxylation is 2. The molecule has 1 N–H and O–H groups in total. The van der Waals surface area contributed by atoms with E-state index >= 15 is 0 Å². The van der Waals surface area contributed by atoms with Crippen molar-refractivity contribution < 1.29 is 9.50 Å². The van der Waals surface area contributed by atoms with Crippen molar-refractivity contribution in [3.05, 3.63) is 47.8 Å². The van der Waals surface area contributed by atoms with Crippen LogP contribution in [0.25, 0.3) is 22.4 Å². The maximum absolute atomic E-state index is 13.2. The summed E-state index contributed by atoms with van der Waals surface area (Å²) < 4.78 is 15.1. The van der Waals surface area contributed by atoms with E-state index in [1.54, 1.807) is 12.1 Å². The van der Waals surface area contributed by atoms with E-state index in [0.29, 0.717) is 16.9 Å². The number of aromatic hydroxyl groups is 1. The summed E-state index contributed by atoms with van der Waals surface area (Å²) in [5.74, 6) is 0.488. The highest BCUT2D eigenvalue weighted by Crippen LogP contribution is 2.31. The summed E-state index contributed by atoms with van der Waals surface area (Å²) in [5, 5.41) is 10.0. The predicted molar refractivity (Wildman–Crippen MR) is 72.5 cm³/mol. The van der Waals surface area contributed by atoms with Crippen molar-refractivity contribution in [3.8, 4) is 17.1 Å². The van der Waals surface area contributed by atoms with Crippen molar-refractivity contribution in [1.82, 2.24) is 9.55 Å². The number of phenolic OH excluding ortho intramolecular Hbond substituents is 1. The zero-order chi connectivity index (χ0) is 13.6. The van der Waals surface area contributed by atoms with Crippen LogP contribution in [0.15, 0.2) is 36.4 Å². The number of halogens is 1. The number of phenols is 1. The first-order valence-electron chi connectivity index (χ1n) is 5.98. The van der Waals surface area contributed by atoms with Gasteiger partial charge in [-0.2, -0.15) is 0 Å². The summed E-state index contributed by atoms with van der Waals surface area (Å²) >= 11 is 0. The van der Waals surface area contributed by atoms with Crippen LogP contribution in [0.1, 0.15) is 5.56 Å². The smallest absolute Gasteiger partial charge is 0.144 e. The third-order valence-electron chi connectivity index (χ3n) is 3.24. The molecular formula is C15H13FN2O. The molecule has 3 rings (SSSR count). The molecule has 3 nitrogen and oxygen atoms in total. The summed E-state index contributed by atoms with van der Waals surface area (Å²) in [6.45, 7) is 1.91. The van der Waals surface area contributed by atoms with Crippen molar-refractivity contribution in [2.45, 2.75) is 6.92 Å². The van der Waals surface area contributed by atoms with Gasteiger partial charge in [0, 0.05) is 13.1 Å². The first kappa shape index (κ1) is 11.7. The SMILES string of the molecule is Cc1ccc(-c2nc3cc(F)ccc3n2C)c(O)c1. The lowest BCUT2D eigenvalue weighted by molar-refractivity contribution is 0.476. The van der Waals surface area contributed by atoms with Crippen LogP contribution in [-0.4, -0.2) is 14.7 Å². The molecule has 0 radical (unpaired) electrons. The summed E-state index contributed by atoms with van der Waals surface area (Å²) in [6, 6.07) is 9.91. The van der Waals surface area contributed by atoms with Crippen LogP contribution in [0, 0.1) is 12.7 Å². The highest BCUT2D eigenvalue weighted by Gasteiger charge is 2.13. The highest BCUT2D eigenvalue weighted by molar-refractivity contribution is 5.81.